The Morgan fingerprint density at radius 1 is 1.24 bits per heavy atom. The molecule has 1 N–H and O–H groups in total. The number of aliphatic hydroxyl groups is 1. The summed E-state index contributed by atoms with van der Waals surface area (Å²) in [5.74, 6) is 0.533. The van der Waals surface area contributed by atoms with Crippen molar-refractivity contribution >= 4 is 0 Å². The molecule has 1 aromatic heterocycles. The van der Waals surface area contributed by atoms with Crippen LogP contribution < -0.4 is 4.74 Å². The van der Waals surface area contributed by atoms with Gasteiger partial charge in [-0.05, 0) is 19.8 Å². The maximum absolute atomic E-state index is 8.83. The van der Waals surface area contributed by atoms with E-state index in [0.717, 1.165) is 6.42 Å². The van der Waals surface area contributed by atoms with Crippen molar-refractivity contribution in [3.05, 3.63) is 18.1 Å². The van der Waals surface area contributed by atoms with Crippen molar-refractivity contribution < 1.29 is 9.84 Å². The molecule has 0 aliphatic rings. The molecule has 1 heterocycles. The van der Waals surface area contributed by atoms with Gasteiger partial charge in [0.15, 0.2) is 0 Å². The lowest BCUT2D eigenvalue weighted by Gasteiger charge is -2.13. The van der Waals surface area contributed by atoms with E-state index in [0.29, 0.717) is 11.6 Å². The average Bonchev–Trinajstić information content (AvgIpc) is 2.36. The molecule has 0 fully saturated rings. The minimum absolute atomic E-state index is 0.0835. The number of hydrogen-bond acceptors (Lipinski definition) is 4. The second-order valence-electron chi connectivity index (χ2n) is 4.28. The molecule has 4 heteroatoms. The van der Waals surface area contributed by atoms with Gasteiger partial charge in [0.05, 0.1) is 30.8 Å². The molecular weight excluding hydrogens is 216 g/mol. The van der Waals surface area contributed by atoms with E-state index >= 15 is 0 Å². The van der Waals surface area contributed by atoms with Crippen molar-refractivity contribution in [2.45, 2.75) is 58.7 Å². The summed E-state index contributed by atoms with van der Waals surface area (Å²) in [6.07, 6.45) is 9.31. The summed E-state index contributed by atoms with van der Waals surface area (Å²) in [5.41, 5.74) is 0.563. The van der Waals surface area contributed by atoms with Gasteiger partial charge in [-0.2, -0.15) is 0 Å². The van der Waals surface area contributed by atoms with E-state index in [-0.39, 0.29) is 12.7 Å². The van der Waals surface area contributed by atoms with Gasteiger partial charge in [0.25, 0.3) is 0 Å². The fourth-order valence-electron chi connectivity index (χ4n) is 1.61. The topological polar surface area (TPSA) is 55.2 Å². The second-order valence-corrected chi connectivity index (χ2v) is 4.28. The maximum Gasteiger partial charge on any atom is 0.232 e. The van der Waals surface area contributed by atoms with Crippen LogP contribution in [-0.2, 0) is 6.61 Å². The summed E-state index contributed by atoms with van der Waals surface area (Å²) in [6, 6.07) is 0. The smallest absolute Gasteiger partial charge is 0.232 e. The first-order chi connectivity index (χ1) is 8.26. The first-order valence-corrected chi connectivity index (χ1v) is 6.34. The van der Waals surface area contributed by atoms with Crippen LogP contribution >= 0.6 is 0 Å². The number of rotatable bonds is 8. The number of aliphatic hydroxyl groups excluding tert-OH is 1. The van der Waals surface area contributed by atoms with Gasteiger partial charge in [0.1, 0.15) is 0 Å². The van der Waals surface area contributed by atoms with Crippen molar-refractivity contribution in [2.24, 2.45) is 0 Å². The molecule has 0 aliphatic heterocycles. The molecule has 96 valence electrons. The van der Waals surface area contributed by atoms with Crippen LogP contribution in [0.15, 0.2) is 12.4 Å². The molecule has 1 aromatic rings. The summed E-state index contributed by atoms with van der Waals surface area (Å²) in [7, 11) is 0. The summed E-state index contributed by atoms with van der Waals surface area (Å²) in [5, 5.41) is 8.83. The molecular formula is C13H22N2O2. The second kappa shape index (κ2) is 8.01. The zero-order chi connectivity index (χ0) is 12.5. The van der Waals surface area contributed by atoms with Gasteiger partial charge in [0, 0.05) is 0 Å². The number of unbranched alkanes of at least 4 members (excludes halogenated alkanes) is 3. The highest BCUT2D eigenvalue weighted by Gasteiger charge is 2.05. The minimum Gasteiger partial charge on any atom is -0.474 e. The fraction of sp³-hybridized carbons (Fsp3) is 0.692. The first-order valence-electron chi connectivity index (χ1n) is 6.34. The van der Waals surface area contributed by atoms with E-state index in [1.165, 1.54) is 25.7 Å². The van der Waals surface area contributed by atoms with Gasteiger partial charge in [-0.25, -0.2) is 4.98 Å². The van der Waals surface area contributed by atoms with E-state index in [1.54, 1.807) is 12.4 Å². The molecule has 0 aromatic carbocycles. The zero-order valence-electron chi connectivity index (χ0n) is 10.7. The van der Waals surface area contributed by atoms with Crippen molar-refractivity contribution in [1.29, 1.82) is 0 Å². The predicted octanol–water partition coefficient (Wildman–Crippen LogP) is 2.71. The molecule has 0 bridgehead atoms. The van der Waals surface area contributed by atoms with Crippen molar-refractivity contribution in [3.63, 3.8) is 0 Å². The molecule has 0 amide bonds. The SMILES string of the molecule is CCCCCCC(C)Oc1cnc(CO)cn1. The van der Waals surface area contributed by atoms with Crippen molar-refractivity contribution in [2.75, 3.05) is 0 Å². The predicted molar refractivity (Wildman–Crippen MR) is 66.8 cm³/mol. The number of nitrogens with zero attached hydrogens (tertiary/aromatic N) is 2. The molecule has 0 radical (unpaired) electrons. The first kappa shape index (κ1) is 13.9. The minimum atomic E-state index is -0.0835. The normalized spacial score (nSPS) is 12.4. The van der Waals surface area contributed by atoms with Gasteiger partial charge in [-0.3, -0.25) is 4.98 Å². The summed E-state index contributed by atoms with van der Waals surface area (Å²) < 4.78 is 5.64. The van der Waals surface area contributed by atoms with Crippen LogP contribution in [0, 0.1) is 0 Å². The van der Waals surface area contributed by atoms with Crippen molar-refractivity contribution in [3.8, 4) is 5.88 Å². The molecule has 4 nitrogen and oxygen atoms in total. The van der Waals surface area contributed by atoms with Crippen LogP contribution in [0.4, 0.5) is 0 Å². The monoisotopic (exact) mass is 238 g/mol. The number of ether oxygens (including phenoxy) is 1. The standard InChI is InChI=1S/C13H22N2O2/c1-3-4-5-6-7-11(2)17-13-9-14-12(10-16)8-15-13/h8-9,11,16H,3-7,10H2,1-2H3. The highest BCUT2D eigenvalue weighted by atomic mass is 16.5. The number of aromatic nitrogens is 2. The zero-order valence-corrected chi connectivity index (χ0v) is 10.7. The Morgan fingerprint density at radius 3 is 2.65 bits per heavy atom. The Hall–Kier alpha value is -1.16. The quantitative estimate of drug-likeness (QED) is 0.707. The lowest BCUT2D eigenvalue weighted by atomic mass is 10.1. The molecule has 1 atom stereocenters. The van der Waals surface area contributed by atoms with E-state index in [1.807, 2.05) is 6.92 Å². The van der Waals surface area contributed by atoms with Gasteiger partial charge >= 0.3 is 0 Å². The molecule has 17 heavy (non-hydrogen) atoms. The molecule has 0 spiro atoms. The van der Waals surface area contributed by atoms with Gasteiger partial charge in [0.2, 0.25) is 5.88 Å². The van der Waals surface area contributed by atoms with E-state index in [4.69, 9.17) is 9.84 Å². The van der Waals surface area contributed by atoms with Crippen LogP contribution in [0.3, 0.4) is 0 Å². The maximum atomic E-state index is 8.83. The summed E-state index contributed by atoms with van der Waals surface area (Å²) in [4.78, 5) is 8.11. The molecule has 1 rings (SSSR count). The molecule has 0 saturated heterocycles. The van der Waals surface area contributed by atoms with E-state index in [9.17, 15) is 0 Å². The van der Waals surface area contributed by atoms with Gasteiger partial charge in [-0.15, -0.1) is 0 Å². The Morgan fingerprint density at radius 2 is 2.06 bits per heavy atom. The highest BCUT2D eigenvalue weighted by molar-refractivity contribution is 5.06. The Labute approximate surface area is 103 Å². The van der Waals surface area contributed by atoms with E-state index in [2.05, 4.69) is 16.9 Å². The summed E-state index contributed by atoms with van der Waals surface area (Å²) >= 11 is 0. The largest absolute Gasteiger partial charge is 0.474 e. The number of hydrogen-bond donors (Lipinski definition) is 1. The van der Waals surface area contributed by atoms with E-state index < -0.39 is 0 Å². The summed E-state index contributed by atoms with van der Waals surface area (Å²) in [6.45, 7) is 4.17. The van der Waals surface area contributed by atoms with Crippen LogP contribution in [0.2, 0.25) is 0 Å². The van der Waals surface area contributed by atoms with Gasteiger partial charge < -0.3 is 9.84 Å². The average molecular weight is 238 g/mol. The highest BCUT2D eigenvalue weighted by Crippen LogP contribution is 2.12. The van der Waals surface area contributed by atoms with Crippen LogP contribution in [0.5, 0.6) is 5.88 Å². The molecule has 1 unspecified atom stereocenters. The van der Waals surface area contributed by atoms with Crippen LogP contribution in [0.25, 0.3) is 0 Å². The van der Waals surface area contributed by atoms with Crippen LogP contribution in [0.1, 0.15) is 51.6 Å². The molecule has 0 aliphatic carbocycles. The van der Waals surface area contributed by atoms with Crippen LogP contribution in [-0.4, -0.2) is 21.2 Å². The lowest BCUT2D eigenvalue weighted by molar-refractivity contribution is 0.196. The van der Waals surface area contributed by atoms with Crippen molar-refractivity contribution in [1.82, 2.24) is 9.97 Å². The third-order valence-electron chi connectivity index (χ3n) is 2.63. The Bertz CT molecular complexity index is 301. The van der Waals surface area contributed by atoms with Gasteiger partial charge in [-0.1, -0.05) is 26.2 Å². The Balaban J connectivity index is 2.26. The molecule has 0 saturated carbocycles. The third-order valence-corrected chi connectivity index (χ3v) is 2.63. The fourth-order valence-corrected chi connectivity index (χ4v) is 1.61. The third kappa shape index (κ3) is 5.63. The lowest BCUT2D eigenvalue weighted by Crippen LogP contribution is -2.12. The Kier molecular flexibility index (Phi) is 6.55.